The SMILES string of the molecule is CCNCC1CCN(C(=O)c2cccc3c2OCCO3)CC1. The van der Waals surface area contributed by atoms with Gasteiger partial charge in [0.05, 0.1) is 5.56 Å². The highest BCUT2D eigenvalue weighted by atomic mass is 16.6. The zero-order valence-corrected chi connectivity index (χ0v) is 13.1. The van der Waals surface area contributed by atoms with Gasteiger partial charge in [0.2, 0.25) is 0 Å². The molecule has 0 bridgehead atoms. The first-order chi connectivity index (χ1) is 10.8. The molecule has 1 aromatic carbocycles. The molecule has 22 heavy (non-hydrogen) atoms. The molecule has 0 aromatic heterocycles. The molecule has 2 aliphatic rings. The van der Waals surface area contributed by atoms with E-state index in [2.05, 4.69) is 12.2 Å². The maximum absolute atomic E-state index is 12.8. The van der Waals surface area contributed by atoms with Gasteiger partial charge in [0.25, 0.3) is 5.91 Å². The fourth-order valence-corrected chi connectivity index (χ4v) is 3.10. The number of carbonyl (C=O) groups excluding carboxylic acids is 1. The summed E-state index contributed by atoms with van der Waals surface area (Å²) in [7, 11) is 0. The van der Waals surface area contributed by atoms with Crippen molar-refractivity contribution >= 4 is 5.91 Å². The number of piperidine rings is 1. The maximum atomic E-state index is 12.8. The van der Waals surface area contributed by atoms with E-state index in [0.717, 1.165) is 39.0 Å². The van der Waals surface area contributed by atoms with Gasteiger partial charge >= 0.3 is 0 Å². The van der Waals surface area contributed by atoms with E-state index in [0.29, 0.717) is 36.2 Å². The van der Waals surface area contributed by atoms with Gasteiger partial charge in [0.15, 0.2) is 11.5 Å². The number of likely N-dealkylation sites (tertiary alicyclic amines) is 1. The molecule has 1 saturated heterocycles. The number of ether oxygens (including phenoxy) is 2. The van der Waals surface area contributed by atoms with E-state index >= 15 is 0 Å². The lowest BCUT2D eigenvalue weighted by atomic mass is 9.96. The maximum Gasteiger partial charge on any atom is 0.257 e. The molecule has 120 valence electrons. The minimum Gasteiger partial charge on any atom is -0.486 e. The van der Waals surface area contributed by atoms with Gasteiger partial charge in [0, 0.05) is 13.1 Å². The van der Waals surface area contributed by atoms with Crippen molar-refractivity contribution in [1.29, 1.82) is 0 Å². The predicted molar refractivity (Wildman–Crippen MR) is 84.6 cm³/mol. The molecule has 0 atom stereocenters. The third-order valence-electron chi connectivity index (χ3n) is 4.38. The number of carbonyl (C=O) groups is 1. The molecule has 1 aromatic rings. The zero-order valence-electron chi connectivity index (χ0n) is 13.1. The number of hydrogen-bond acceptors (Lipinski definition) is 4. The second kappa shape index (κ2) is 7.01. The van der Waals surface area contributed by atoms with Crippen LogP contribution in [0.4, 0.5) is 0 Å². The second-order valence-electron chi connectivity index (χ2n) is 5.87. The lowest BCUT2D eigenvalue weighted by Gasteiger charge is -2.33. The van der Waals surface area contributed by atoms with Crippen LogP contribution in [0, 0.1) is 5.92 Å². The van der Waals surface area contributed by atoms with Crippen molar-refractivity contribution in [3.63, 3.8) is 0 Å². The summed E-state index contributed by atoms with van der Waals surface area (Å²) in [6, 6.07) is 5.55. The van der Waals surface area contributed by atoms with Gasteiger partial charge in [-0.25, -0.2) is 0 Å². The van der Waals surface area contributed by atoms with Crippen LogP contribution in [0.25, 0.3) is 0 Å². The average molecular weight is 304 g/mol. The smallest absolute Gasteiger partial charge is 0.257 e. The number of nitrogens with zero attached hydrogens (tertiary/aromatic N) is 1. The van der Waals surface area contributed by atoms with Crippen molar-refractivity contribution in [2.24, 2.45) is 5.92 Å². The van der Waals surface area contributed by atoms with E-state index in [4.69, 9.17) is 9.47 Å². The van der Waals surface area contributed by atoms with Crippen LogP contribution in [0.1, 0.15) is 30.1 Å². The van der Waals surface area contributed by atoms with Crippen LogP contribution in [0.5, 0.6) is 11.5 Å². The Kier molecular flexibility index (Phi) is 4.83. The number of fused-ring (bicyclic) bond motifs is 1. The minimum absolute atomic E-state index is 0.0595. The van der Waals surface area contributed by atoms with Crippen molar-refractivity contribution in [3.05, 3.63) is 23.8 Å². The van der Waals surface area contributed by atoms with Crippen LogP contribution in [-0.2, 0) is 0 Å². The molecule has 3 rings (SSSR count). The molecule has 0 radical (unpaired) electrons. The van der Waals surface area contributed by atoms with Gasteiger partial charge in [-0.2, -0.15) is 0 Å². The zero-order chi connectivity index (χ0) is 15.4. The second-order valence-corrected chi connectivity index (χ2v) is 5.87. The standard InChI is InChI=1S/C17H24N2O3/c1-2-18-12-13-6-8-19(9-7-13)17(20)14-4-3-5-15-16(14)22-11-10-21-15/h3-5,13,18H,2,6-12H2,1H3. The molecule has 1 fully saturated rings. The Hall–Kier alpha value is -1.75. The Labute approximate surface area is 131 Å². The third-order valence-corrected chi connectivity index (χ3v) is 4.38. The first kappa shape index (κ1) is 15.2. The van der Waals surface area contributed by atoms with Crippen LogP contribution in [-0.4, -0.2) is 50.2 Å². The normalized spacial score (nSPS) is 18.3. The number of hydrogen-bond donors (Lipinski definition) is 1. The van der Waals surface area contributed by atoms with Crippen molar-refractivity contribution in [3.8, 4) is 11.5 Å². The van der Waals surface area contributed by atoms with Crippen molar-refractivity contribution in [1.82, 2.24) is 10.2 Å². The van der Waals surface area contributed by atoms with E-state index in [-0.39, 0.29) is 5.91 Å². The summed E-state index contributed by atoms with van der Waals surface area (Å²) in [5, 5.41) is 3.39. The summed E-state index contributed by atoms with van der Waals surface area (Å²) in [6.45, 7) is 6.86. The summed E-state index contributed by atoms with van der Waals surface area (Å²) in [4.78, 5) is 14.7. The average Bonchev–Trinajstić information content (AvgIpc) is 2.59. The van der Waals surface area contributed by atoms with E-state index < -0.39 is 0 Å². The minimum atomic E-state index is 0.0595. The highest BCUT2D eigenvalue weighted by Gasteiger charge is 2.27. The Balaban J connectivity index is 1.66. The summed E-state index contributed by atoms with van der Waals surface area (Å²) in [5.74, 6) is 2.02. The number of benzene rings is 1. The topological polar surface area (TPSA) is 50.8 Å². The van der Waals surface area contributed by atoms with Gasteiger partial charge < -0.3 is 19.7 Å². The van der Waals surface area contributed by atoms with Gasteiger partial charge in [-0.1, -0.05) is 13.0 Å². The molecule has 0 aliphatic carbocycles. The molecular weight excluding hydrogens is 280 g/mol. The van der Waals surface area contributed by atoms with E-state index in [1.54, 1.807) is 0 Å². The van der Waals surface area contributed by atoms with Gasteiger partial charge in [0.1, 0.15) is 13.2 Å². The first-order valence-electron chi connectivity index (χ1n) is 8.18. The molecule has 5 nitrogen and oxygen atoms in total. The molecular formula is C17H24N2O3. The van der Waals surface area contributed by atoms with Gasteiger partial charge in [-0.3, -0.25) is 4.79 Å². The van der Waals surface area contributed by atoms with Gasteiger partial charge in [-0.05, 0) is 44.0 Å². The number of para-hydroxylation sites is 1. The van der Waals surface area contributed by atoms with Crippen LogP contribution in [0.15, 0.2) is 18.2 Å². The monoisotopic (exact) mass is 304 g/mol. The molecule has 0 unspecified atom stereocenters. The molecule has 1 amide bonds. The van der Waals surface area contributed by atoms with Crippen molar-refractivity contribution in [2.75, 3.05) is 39.4 Å². The predicted octanol–water partition coefficient (Wildman–Crippen LogP) is 1.92. The molecule has 5 heteroatoms. The molecule has 0 spiro atoms. The fourth-order valence-electron chi connectivity index (χ4n) is 3.10. The highest BCUT2D eigenvalue weighted by molar-refractivity contribution is 5.98. The first-order valence-corrected chi connectivity index (χ1v) is 8.18. The molecule has 1 N–H and O–H groups in total. The molecule has 2 aliphatic heterocycles. The van der Waals surface area contributed by atoms with E-state index in [9.17, 15) is 4.79 Å². The quantitative estimate of drug-likeness (QED) is 0.923. The van der Waals surface area contributed by atoms with Gasteiger partial charge in [-0.15, -0.1) is 0 Å². The summed E-state index contributed by atoms with van der Waals surface area (Å²) >= 11 is 0. The van der Waals surface area contributed by atoms with Crippen molar-refractivity contribution in [2.45, 2.75) is 19.8 Å². The van der Waals surface area contributed by atoms with Crippen LogP contribution in [0.3, 0.4) is 0 Å². The molecule has 0 saturated carbocycles. The summed E-state index contributed by atoms with van der Waals surface area (Å²) < 4.78 is 11.2. The van der Waals surface area contributed by atoms with Crippen molar-refractivity contribution < 1.29 is 14.3 Å². The number of amides is 1. The highest BCUT2D eigenvalue weighted by Crippen LogP contribution is 2.34. The lowest BCUT2D eigenvalue weighted by molar-refractivity contribution is 0.0680. The summed E-state index contributed by atoms with van der Waals surface area (Å²) in [5.41, 5.74) is 0.627. The van der Waals surface area contributed by atoms with E-state index in [1.165, 1.54) is 0 Å². The largest absolute Gasteiger partial charge is 0.486 e. The summed E-state index contributed by atoms with van der Waals surface area (Å²) in [6.07, 6.45) is 2.12. The Morgan fingerprint density at radius 1 is 1.27 bits per heavy atom. The van der Waals surface area contributed by atoms with Crippen LogP contribution >= 0.6 is 0 Å². The third kappa shape index (κ3) is 3.19. The Morgan fingerprint density at radius 2 is 2.05 bits per heavy atom. The lowest BCUT2D eigenvalue weighted by Crippen LogP contribution is -2.41. The molecule has 2 heterocycles. The van der Waals surface area contributed by atoms with Crippen LogP contribution in [0.2, 0.25) is 0 Å². The Bertz CT molecular complexity index is 525. The van der Waals surface area contributed by atoms with E-state index in [1.807, 2.05) is 23.1 Å². The number of rotatable bonds is 4. The number of nitrogens with one attached hydrogen (secondary N) is 1. The van der Waals surface area contributed by atoms with Crippen LogP contribution < -0.4 is 14.8 Å². The fraction of sp³-hybridized carbons (Fsp3) is 0.588. The Morgan fingerprint density at radius 3 is 2.82 bits per heavy atom.